The highest BCUT2D eigenvalue weighted by Gasteiger charge is 2.42. The molecular formula is C12H10N4O. The molecule has 2 N–H and O–H groups in total. The predicted octanol–water partition coefficient (Wildman–Crippen LogP) is 0.753. The Morgan fingerprint density at radius 2 is 2.35 bits per heavy atom. The molecule has 5 heteroatoms. The topological polar surface area (TPSA) is 80.2 Å². The SMILES string of the molecule is NC(=O)CC1=NN=CC23C=CN=C2C=CC=C13. The third-order valence-electron chi connectivity index (χ3n) is 3.03. The van der Waals surface area contributed by atoms with Crippen LogP contribution in [-0.4, -0.2) is 23.5 Å². The van der Waals surface area contributed by atoms with Crippen molar-refractivity contribution in [2.24, 2.45) is 26.3 Å². The fraction of sp³-hybridized carbons (Fsp3) is 0.167. The zero-order valence-corrected chi connectivity index (χ0v) is 9.00. The smallest absolute Gasteiger partial charge is 0.223 e. The van der Waals surface area contributed by atoms with Crippen LogP contribution in [0.5, 0.6) is 0 Å². The van der Waals surface area contributed by atoms with Gasteiger partial charge < -0.3 is 5.73 Å². The van der Waals surface area contributed by atoms with Gasteiger partial charge in [0.15, 0.2) is 0 Å². The normalized spacial score (nSPS) is 28.1. The van der Waals surface area contributed by atoms with Crippen LogP contribution in [0.2, 0.25) is 0 Å². The number of rotatable bonds is 2. The van der Waals surface area contributed by atoms with Crippen LogP contribution in [0, 0.1) is 5.41 Å². The maximum Gasteiger partial charge on any atom is 0.223 e. The van der Waals surface area contributed by atoms with E-state index in [0.29, 0.717) is 5.71 Å². The van der Waals surface area contributed by atoms with Gasteiger partial charge >= 0.3 is 0 Å². The summed E-state index contributed by atoms with van der Waals surface area (Å²) in [6.07, 6.45) is 11.3. The summed E-state index contributed by atoms with van der Waals surface area (Å²) >= 11 is 0. The molecule has 5 nitrogen and oxygen atoms in total. The van der Waals surface area contributed by atoms with E-state index >= 15 is 0 Å². The van der Waals surface area contributed by atoms with E-state index in [1.165, 1.54) is 0 Å². The van der Waals surface area contributed by atoms with Gasteiger partial charge in [0.2, 0.25) is 5.91 Å². The van der Waals surface area contributed by atoms with Gasteiger partial charge in [0.1, 0.15) is 0 Å². The molecule has 0 fully saturated rings. The molecule has 1 amide bonds. The summed E-state index contributed by atoms with van der Waals surface area (Å²) in [5.74, 6) is -0.410. The Labute approximate surface area is 97.8 Å². The molecule has 1 spiro atoms. The number of nitrogens with two attached hydrogens (primary N) is 1. The first kappa shape index (κ1) is 9.89. The van der Waals surface area contributed by atoms with Crippen molar-refractivity contribution < 1.29 is 4.79 Å². The van der Waals surface area contributed by atoms with E-state index < -0.39 is 11.3 Å². The molecule has 1 unspecified atom stereocenters. The first-order chi connectivity index (χ1) is 8.22. The van der Waals surface area contributed by atoms with Crippen LogP contribution >= 0.6 is 0 Å². The van der Waals surface area contributed by atoms with Crippen molar-refractivity contribution in [1.29, 1.82) is 0 Å². The van der Waals surface area contributed by atoms with Crippen LogP contribution in [0.4, 0.5) is 0 Å². The number of hydrogen-bond donors (Lipinski definition) is 1. The first-order valence-electron chi connectivity index (χ1n) is 5.27. The Kier molecular flexibility index (Phi) is 1.95. The van der Waals surface area contributed by atoms with E-state index in [4.69, 9.17) is 5.73 Å². The maximum atomic E-state index is 11.0. The summed E-state index contributed by atoms with van der Waals surface area (Å²) < 4.78 is 0. The van der Waals surface area contributed by atoms with E-state index in [0.717, 1.165) is 11.3 Å². The molecule has 3 rings (SSSR count). The van der Waals surface area contributed by atoms with Gasteiger partial charge in [-0.3, -0.25) is 9.79 Å². The zero-order chi connectivity index (χ0) is 11.9. The van der Waals surface area contributed by atoms with E-state index in [1.807, 2.05) is 24.3 Å². The summed E-state index contributed by atoms with van der Waals surface area (Å²) in [6, 6.07) is 0. The molecule has 0 saturated carbocycles. The summed E-state index contributed by atoms with van der Waals surface area (Å²) in [4.78, 5) is 15.3. The second-order valence-corrected chi connectivity index (χ2v) is 4.07. The van der Waals surface area contributed by atoms with Crippen molar-refractivity contribution in [2.45, 2.75) is 6.42 Å². The third kappa shape index (κ3) is 1.32. The van der Waals surface area contributed by atoms with Gasteiger partial charge in [-0.05, 0) is 17.7 Å². The summed E-state index contributed by atoms with van der Waals surface area (Å²) in [6.45, 7) is 0. The number of nitrogens with zero attached hydrogens (tertiary/aromatic N) is 3. The fourth-order valence-electron chi connectivity index (χ4n) is 2.26. The van der Waals surface area contributed by atoms with Crippen LogP contribution in [0.15, 0.2) is 51.3 Å². The quantitative estimate of drug-likeness (QED) is 0.740. The summed E-state index contributed by atoms with van der Waals surface area (Å²) in [5.41, 5.74) is 7.22. The molecule has 84 valence electrons. The average Bonchev–Trinajstić information content (AvgIpc) is 2.70. The molecule has 0 aromatic carbocycles. The molecule has 0 saturated heterocycles. The lowest BCUT2D eigenvalue weighted by Crippen LogP contribution is -2.38. The second kappa shape index (κ2) is 3.35. The molecule has 2 heterocycles. The number of allylic oxidation sites excluding steroid dienone is 5. The Balaban J connectivity index is 2.10. The van der Waals surface area contributed by atoms with Crippen LogP contribution in [0.3, 0.4) is 0 Å². The van der Waals surface area contributed by atoms with Crippen molar-refractivity contribution in [3.8, 4) is 0 Å². The largest absolute Gasteiger partial charge is 0.369 e. The van der Waals surface area contributed by atoms with Crippen molar-refractivity contribution in [3.63, 3.8) is 0 Å². The van der Waals surface area contributed by atoms with Crippen molar-refractivity contribution in [3.05, 3.63) is 36.1 Å². The Morgan fingerprint density at radius 3 is 3.18 bits per heavy atom. The number of carbonyl (C=O) groups is 1. The maximum absolute atomic E-state index is 11.0. The van der Waals surface area contributed by atoms with Crippen LogP contribution in [0.25, 0.3) is 0 Å². The van der Waals surface area contributed by atoms with E-state index in [9.17, 15) is 4.79 Å². The predicted molar refractivity (Wildman–Crippen MR) is 66.0 cm³/mol. The minimum absolute atomic E-state index is 0.0971. The first-order valence-corrected chi connectivity index (χ1v) is 5.27. The Morgan fingerprint density at radius 1 is 1.47 bits per heavy atom. The van der Waals surface area contributed by atoms with E-state index in [2.05, 4.69) is 15.2 Å². The molecule has 2 aliphatic heterocycles. The summed E-state index contributed by atoms with van der Waals surface area (Å²) in [7, 11) is 0. The van der Waals surface area contributed by atoms with Crippen molar-refractivity contribution in [1.82, 2.24) is 0 Å². The van der Waals surface area contributed by atoms with Crippen molar-refractivity contribution >= 4 is 23.5 Å². The van der Waals surface area contributed by atoms with Gasteiger partial charge in [-0.25, -0.2) is 0 Å². The number of primary amides is 1. The molecule has 1 atom stereocenters. The molecule has 1 aliphatic carbocycles. The lowest BCUT2D eigenvalue weighted by atomic mass is 9.72. The van der Waals surface area contributed by atoms with Gasteiger partial charge in [0.05, 0.1) is 23.3 Å². The Hall–Kier alpha value is -2.30. The highest BCUT2D eigenvalue weighted by Crippen LogP contribution is 2.39. The molecule has 17 heavy (non-hydrogen) atoms. The third-order valence-corrected chi connectivity index (χ3v) is 3.03. The minimum Gasteiger partial charge on any atom is -0.369 e. The number of amides is 1. The van der Waals surface area contributed by atoms with Crippen LogP contribution < -0.4 is 5.73 Å². The van der Waals surface area contributed by atoms with Gasteiger partial charge in [-0.2, -0.15) is 10.2 Å². The fourth-order valence-corrected chi connectivity index (χ4v) is 2.26. The molecular weight excluding hydrogens is 216 g/mol. The zero-order valence-electron chi connectivity index (χ0n) is 9.00. The monoisotopic (exact) mass is 226 g/mol. The minimum atomic E-state index is -0.443. The Bertz CT molecular complexity index is 577. The highest BCUT2D eigenvalue weighted by atomic mass is 16.1. The van der Waals surface area contributed by atoms with Crippen LogP contribution in [-0.2, 0) is 4.79 Å². The molecule has 0 bridgehead atoms. The highest BCUT2D eigenvalue weighted by molar-refractivity contribution is 6.26. The molecule has 0 aromatic rings. The van der Waals surface area contributed by atoms with Crippen molar-refractivity contribution in [2.75, 3.05) is 0 Å². The number of aliphatic imine (C=N–C) groups is 1. The molecule has 0 aromatic heterocycles. The lowest BCUT2D eigenvalue weighted by Gasteiger charge is -2.31. The van der Waals surface area contributed by atoms with Gasteiger partial charge in [-0.15, -0.1) is 0 Å². The van der Waals surface area contributed by atoms with E-state index in [-0.39, 0.29) is 6.42 Å². The second-order valence-electron chi connectivity index (χ2n) is 4.07. The summed E-state index contributed by atoms with van der Waals surface area (Å²) in [5, 5.41) is 7.98. The van der Waals surface area contributed by atoms with E-state index in [1.54, 1.807) is 12.4 Å². The van der Waals surface area contributed by atoms with Crippen LogP contribution in [0.1, 0.15) is 6.42 Å². The molecule has 3 aliphatic rings. The van der Waals surface area contributed by atoms with Gasteiger partial charge in [0, 0.05) is 12.4 Å². The lowest BCUT2D eigenvalue weighted by molar-refractivity contribution is -0.116. The number of hydrogen-bond acceptors (Lipinski definition) is 4. The number of carbonyl (C=O) groups excluding carboxylic acids is 1. The standard InChI is InChI=1S/C12H10N4O/c13-11(17)6-9-8-2-1-3-10-12(8,4-5-14-10)7-15-16-9/h1-5,7H,6H2,(H2,13,17). The van der Waals surface area contributed by atoms with Gasteiger partial charge in [0.25, 0.3) is 0 Å². The average molecular weight is 226 g/mol. The molecule has 0 radical (unpaired) electrons. The van der Waals surface area contributed by atoms with Gasteiger partial charge in [-0.1, -0.05) is 12.2 Å².